The van der Waals surface area contributed by atoms with Crippen LogP contribution in [0.1, 0.15) is 26.1 Å². The van der Waals surface area contributed by atoms with Gasteiger partial charge in [0.2, 0.25) is 0 Å². The first-order valence-electron chi connectivity index (χ1n) is 5.97. The van der Waals surface area contributed by atoms with E-state index in [0.717, 1.165) is 17.3 Å². The van der Waals surface area contributed by atoms with Crippen LogP contribution >= 0.6 is 0 Å². The third kappa shape index (κ3) is 2.90. The van der Waals surface area contributed by atoms with Crippen LogP contribution in [0.3, 0.4) is 0 Å². The molecule has 1 atom stereocenters. The maximum Gasteiger partial charge on any atom is 0.262 e. The third-order valence-electron chi connectivity index (χ3n) is 2.95. The van der Waals surface area contributed by atoms with Gasteiger partial charge in [0.25, 0.3) is 10.0 Å². The molecule has 1 rings (SSSR count). The molecule has 0 fully saturated rings. The highest BCUT2D eigenvalue weighted by molar-refractivity contribution is 7.89. The summed E-state index contributed by atoms with van der Waals surface area (Å²) in [4.78, 5) is 4.09. The van der Waals surface area contributed by atoms with Crippen LogP contribution in [0.15, 0.2) is 11.2 Å². The quantitative estimate of drug-likeness (QED) is 0.825. The van der Waals surface area contributed by atoms with E-state index in [1.165, 1.54) is 7.05 Å². The van der Waals surface area contributed by atoms with Crippen molar-refractivity contribution in [1.29, 1.82) is 0 Å². The predicted octanol–water partition coefficient (Wildman–Crippen LogP) is 0.603. The lowest BCUT2D eigenvalue weighted by molar-refractivity contribution is 0.213. The second-order valence-corrected chi connectivity index (χ2v) is 6.32. The van der Waals surface area contributed by atoms with Crippen molar-refractivity contribution in [2.75, 3.05) is 13.7 Å². The molecule has 0 aliphatic carbocycles. The van der Waals surface area contributed by atoms with Crippen LogP contribution in [0.2, 0.25) is 0 Å². The lowest BCUT2D eigenvalue weighted by Gasteiger charge is -2.21. The van der Waals surface area contributed by atoms with E-state index in [9.17, 15) is 8.42 Å². The summed E-state index contributed by atoms with van der Waals surface area (Å²) in [5, 5.41) is 9.07. The van der Waals surface area contributed by atoms with E-state index in [1.54, 1.807) is 20.0 Å². The SMILES string of the molecule is CCCn1cc(S(=O)(=O)N(C)C(C)CO)nc1C. The highest BCUT2D eigenvalue weighted by Gasteiger charge is 2.27. The Hall–Kier alpha value is -0.920. The fraction of sp³-hybridized carbons (Fsp3) is 0.727. The fourth-order valence-electron chi connectivity index (χ4n) is 1.57. The molecular weight excluding hydrogens is 254 g/mol. The zero-order chi connectivity index (χ0) is 13.9. The minimum Gasteiger partial charge on any atom is -0.395 e. The molecular formula is C11H21N3O3S. The Morgan fingerprint density at radius 2 is 2.17 bits per heavy atom. The van der Waals surface area contributed by atoms with Gasteiger partial charge in [0.1, 0.15) is 5.82 Å². The Labute approximate surface area is 108 Å². The number of imidazole rings is 1. The first-order chi connectivity index (χ1) is 8.34. The Bertz CT molecular complexity index is 496. The topological polar surface area (TPSA) is 75.4 Å². The number of hydrogen-bond donors (Lipinski definition) is 1. The maximum atomic E-state index is 12.2. The van der Waals surface area contributed by atoms with Gasteiger partial charge < -0.3 is 9.67 Å². The largest absolute Gasteiger partial charge is 0.395 e. The number of rotatable bonds is 6. The number of aliphatic hydroxyl groups excluding tert-OH is 1. The molecule has 0 aliphatic rings. The van der Waals surface area contributed by atoms with Gasteiger partial charge >= 0.3 is 0 Å². The number of hydrogen-bond acceptors (Lipinski definition) is 4. The van der Waals surface area contributed by atoms with E-state index in [1.807, 2.05) is 11.5 Å². The lowest BCUT2D eigenvalue weighted by Crippen LogP contribution is -2.37. The monoisotopic (exact) mass is 275 g/mol. The van der Waals surface area contributed by atoms with Gasteiger partial charge in [-0.05, 0) is 20.3 Å². The molecule has 0 saturated heterocycles. The summed E-state index contributed by atoms with van der Waals surface area (Å²) in [7, 11) is -2.18. The van der Waals surface area contributed by atoms with Crippen LogP contribution in [0.5, 0.6) is 0 Å². The van der Waals surface area contributed by atoms with E-state index in [-0.39, 0.29) is 11.6 Å². The molecule has 1 N–H and O–H groups in total. The Morgan fingerprint density at radius 1 is 1.56 bits per heavy atom. The highest BCUT2D eigenvalue weighted by atomic mass is 32.2. The number of nitrogens with zero attached hydrogens (tertiary/aromatic N) is 3. The molecule has 0 aromatic carbocycles. The molecule has 18 heavy (non-hydrogen) atoms. The van der Waals surface area contributed by atoms with Crippen molar-refractivity contribution in [3.05, 3.63) is 12.0 Å². The molecule has 1 aromatic rings. The van der Waals surface area contributed by atoms with Gasteiger partial charge in [-0.3, -0.25) is 0 Å². The van der Waals surface area contributed by atoms with Crippen LogP contribution in [0.4, 0.5) is 0 Å². The molecule has 7 heteroatoms. The smallest absolute Gasteiger partial charge is 0.262 e. The minimum atomic E-state index is -3.63. The van der Waals surface area contributed by atoms with Crippen molar-refractivity contribution in [3.8, 4) is 0 Å². The number of sulfonamides is 1. The second-order valence-electron chi connectivity index (χ2n) is 4.37. The van der Waals surface area contributed by atoms with E-state index in [4.69, 9.17) is 5.11 Å². The van der Waals surface area contributed by atoms with E-state index < -0.39 is 16.1 Å². The summed E-state index contributed by atoms with van der Waals surface area (Å²) in [5.74, 6) is 0.681. The molecule has 0 radical (unpaired) electrons. The molecule has 1 aromatic heterocycles. The molecule has 0 amide bonds. The van der Waals surface area contributed by atoms with E-state index in [0.29, 0.717) is 5.82 Å². The fourth-order valence-corrected chi connectivity index (χ4v) is 2.91. The normalized spacial score (nSPS) is 14.1. The molecule has 0 spiro atoms. The molecule has 104 valence electrons. The van der Waals surface area contributed by atoms with Gasteiger partial charge in [0.15, 0.2) is 5.03 Å². The number of aliphatic hydroxyl groups is 1. The first-order valence-corrected chi connectivity index (χ1v) is 7.41. The van der Waals surface area contributed by atoms with Crippen molar-refractivity contribution in [3.63, 3.8) is 0 Å². The standard InChI is InChI=1S/C11H21N3O3S/c1-5-6-14-7-11(12-10(14)3)18(16,17)13(4)9(2)8-15/h7,9,15H,5-6,8H2,1-4H3. The van der Waals surface area contributed by atoms with Crippen molar-refractivity contribution < 1.29 is 13.5 Å². The van der Waals surface area contributed by atoms with Gasteiger partial charge in [-0.15, -0.1) is 0 Å². The maximum absolute atomic E-state index is 12.2. The molecule has 0 saturated carbocycles. The summed E-state index contributed by atoms with van der Waals surface area (Å²) in [6.45, 7) is 5.98. The van der Waals surface area contributed by atoms with Gasteiger partial charge in [0.05, 0.1) is 6.61 Å². The van der Waals surface area contributed by atoms with Gasteiger partial charge in [-0.25, -0.2) is 13.4 Å². The van der Waals surface area contributed by atoms with Crippen LogP contribution < -0.4 is 0 Å². The number of likely N-dealkylation sites (N-methyl/N-ethyl adjacent to an activating group) is 1. The van der Waals surface area contributed by atoms with Gasteiger partial charge in [-0.1, -0.05) is 6.92 Å². The molecule has 0 aliphatic heterocycles. The Balaban J connectivity index is 3.09. The lowest BCUT2D eigenvalue weighted by atomic mass is 10.4. The van der Waals surface area contributed by atoms with Crippen molar-refractivity contribution in [2.45, 2.75) is 44.8 Å². The number of aryl methyl sites for hydroxylation is 2. The summed E-state index contributed by atoms with van der Waals surface area (Å²) >= 11 is 0. The summed E-state index contributed by atoms with van der Waals surface area (Å²) in [6, 6.07) is -0.466. The predicted molar refractivity (Wildman–Crippen MR) is 68.8 cm³/mol. The van der Waals surface area contributed by atoms with Crippen LogP contribution in [0, 0.1) is 6.92 Å². The van der Waals surface area contributed by atoms with Crippen molar-refractivity contribution in [2.24, 2.45) is 0 Å². The van der Waals surface area contributed by atoms with Crippen LogP contribution in [-0.2, 0) is 16.6 Å². The molecule has 0 bridgehead atoms. The molecule has 1 unspecified atom stereocenters. The van der Waals surface area contributed by atoms with Crippen molar-refractivity contribution in [1.82, 2.24) is 13.9 Å². The van der Waals surface area contributed by atoms with E-state index >= 15 is 0 Å². The van der Waals surface area contributed by atoms with Gasteiger partial charge in [0, 0.05) is 25.8 Å². The van der Waals surface area contributed by atoms with Crippen LogP contribution in [0.25, 0.3) is 0 Å². The van der Waals surface area contributed by atoms with Crippen LogP contribution in [-0.4, -0.2) is 47.1 Å². The average Bonchev–Trinajstić information content (AvgIpc) is 2.70. The third-order valence-corrected chi connectivity index (χ3v) is 4.79. The molecule has 1 heterocycles. The zero-order valence-corrected chi connectivity index (χ0v) is 12.1. The Kier molecular flexibility index (Phi) is 4.89. The minimum absolute atomic E-state index is 0.0382. The zero-order valence-electron chi connectivity index (χ0n) is 11.3. The summed E-state index contributed by atoms with van der Waals surface area (Å²) in [5.41, 5.74) is 0. The summed E-state index contributed by atoms with van der Waals surface area (Å²) in [6.07, 6.45) is 2.47. The number of aromatic nitrogens is 2. The second kappa shape index (κ2) is 5.81. The molecule has 6 nitrogen and oxygen atoms in total. The Morgan fingerprint density at radius 3 is 2.67 bits per heavy atom. The average molecular weight is 275 g/mol. The van der Waals surface area contributed by atoms with Crippen molar-refractivity contribution >= 4 is 10.0 Å². The first kappa shape index (κ1) is 15.1. The van der Waals surface area contributed by atoms with Gasteiger partial charge in [-0.2, -0.15) is 4.31 Å². The van der Waals surface area contributed by atoms with E-state index in [2.05, 4.69) is 4.98 Å². The highest BCUT2D eigenvalue weighted by Crippen LogP contribution is 2.16. The summed E-state index contributed by atoms with van der Waals surface area (Å²) < 4.78 is 27.5.